The maximum Gasteiger partial charge on any atom is 0.306 e. The van der Waals surface area contributed by atoms with Crippen molar-refractivity contribution < 1.29 is 19.1 Å². The normalized spacial score (nSPS) is 10.5. The van der Waals surface area contributed by atoms with Gasteiger partial charge in [0.05, 0.1) is 6.42 Å². The summed E-state index contributed by atoms with van der Waals surface area (Å²) in [6.45, 7) is 5.68. The Kier molecular flexibility index (Phi) is 9.26. The van der Waals surface area contributed by atoms with Crippen molar-refractivity contribution in [3.05, 3.63) is 64.7 Å². The van der Waals surface area contributed by atoms with Gasteiger partial charge in [0.1, 0.15) is 0 Å². The van der Waals surface area contributed by atoms with E-state index >= 15 is 0 Å². The smallest absolute Gasteiger partial charge is 0.306 e. The topological polar surface area (TPSA) is 72.5 Å². The summed E-state index contributed by atoms with van der Waals surface area (Å²) in [5, 5.41) is 2.74. The minimum Gasteiger partial charge on any atom is -0.456 e. The first-order valence-electron chi connectivity index (χ1n) is 10.5. The minimum atomic E-state index is -0.560. The highest BCUT2D eigenvalue weighted by molar-refractivity contribution is 5.98. The van der Waals surface area contributed by atoms with Crippen LogP contribution in [0.25, 0.3) is 0 Å². The van der Waals surface area contributed by atoms with Gasteiger partial charge in [-0.2, -0.15) is 0 Å². The number of aryl methyl sites for hydroxylation is 2. The van der Waals surface area contributed by atoms with Crippen LogP contribution in [0.1, 0.15) is 66.1 Å². The molecule has 0 aliphatic heterocycles. The Morgan fingerprint density at radius 2 is 1.67 bits per heavy atom. The predicted molar refractivity (Wildman–Crippen MR) is 119 cm³/mol. The Morgan fingerprint density at radius 1 is 0.933 bits per heavy atom. The number of ether oxygens (including phenoxy) is 1. The molecule has 2 rings (SSSR count). The second-order valence-corrected chi connectivity index (χ2v) is 7.53. The molecule has 0 unspecified atom stereocenters. The molecule has 0 atom stereocenters. The van der Waals surface area contributed by atoms with E-state index in [1.54, 1.807) is 6.07 Å². The Balaban J connectivity index is 1.72. The van der Waals surface area contributed by atoms with Crippen molar-refractivity contribution in [3.63, 3.8) is 0 Å². The van der Waals surface area contributed by atoms with Crippen molar-refractivity contribution in [2.75, 3.05) is 11.9 Å². The third kappa shape index (κ3) is 7.47. The third-order valence-electron chi connectivity index (χ3n) is 5.14. The van der Waals surface area contributed by atoms with Crippen LogP contribution in [0.5, 0.6) is 0 Å². The molecule has 0 heterocycles. The number of benzene rings is 2. The highest BCUT2D eigenvalue weighted by atomic mass is 16.5. The van der Waals surface area contributed by atoms with Crippen LogP contribution in [0.2, 0.25) is 0 Å². The molecule has 5 nitrogen and oxygen atoms in total. The van der Waals surface area contributed by atoms with Crippen LogP contribution in [0.15, 0.2) is 42.5 Å². The van der Waals surface area contributed by atoms with Crippen molar-refractivity contribution in [2.24, 2.45) is 0 Å². The fourth-order valence-electron chi connectivity index (χ4n) is 3.09. The number of ketones is 1. The summed E-state index contributed by atoms with van der Waals surface area (Å²) in [5.74, 6) is -1.07. The van der Waals surface area contributed by atoms with E-state index in [0.717, 1.165) is 24.0 Å². The number of hydrogen-bond acceptors (Lipinski definition) is 4. The number of amides is 1. The standard InChI is InChI=1S/C25H31NO4/c1-4-5-6-9-20-11-13-21(14-12-20)23(27)15-16-25(29)30-17-24(28)26-22-10-7-8-18(2)19(22)3/h7-8,10-14H,4-6,9,15-17H2,1-3H3,(H,26,28). The Bertz CT molecular complexity index is 871. The number of esters is 1. The van der Waals surface area contributed by atoms with Crippen LogP contribution >= 0.6 is 0 Å². The van der Waals surface area contributed by atoms with Gasteiger partial charge in [0.2, 0.25) is 0 Å². The molecule has 160 valence electrons. The van der Waals surface area contributed by atoms with Gasteiger partial charge in [0.15, 0.2) is 12.4 Å². The summed E-state index contributed by atoms with van der Waals surface area (Å²) in [6, 6.07) is 13.2. The summed E-state index contributed by atoms with van der Waals surface area (Å²) in [7, 11) is 0. The van der Waals surface area contributed by atoms with Gasteiger partial charge in [0, 0.05) is 17.7 Å². The van der Waals surface area contributed by atoms with E-state index < -0.39 is 11.9 Å². The molecule has 30 heavy (non-hydrogen) atoms. The van der Waals surface area contributed by atoms with E-state index in [4.69, 9.17) is 4.74 Å². The average Bonchev–Trinajstić information content (AvgIpc) is 2.74. The molecule has 0 aliphatic rings. The van der Waals surface area contributed by atoms with E-state index in [2.05, 4.69) is 12.2 Å². The van der Waals surface area contributed by atoms with Gasteiger partial charge >= 0.3 is 5.97 Å². The lowest BCUT2D eigenvalue weighted by Gasteiger charge is -2.10. The van der Waals surface area contributed by atoms with Gasteiger partial charge < -0.3 is 10.1 Å². The second-order valence-electron chi connectivity index (χ2n) is 7.53. The molecule has 1 amide bonds. The largest absolute Gasteiger partial charge is 0.456 e. The van der Waals surface area contributed by atoms with Crippen molar-refractivity contribution >= 4 is 23.3 Å². The fourth-order valence-corrected chi connectivity index (χ4v) is 3.09. The first-order valence-corrected chi connectivity index (χ1v) is 10.5. The fraction of sp³-hybridized carbons (Fsp3) is 0.400. The van der Waals surface area contributed by atoms with Crippen LogP contribution in [0, 0.1) is 13.8 Å². The molecule has 2 aromatic rings. The molecule has 0 aromatic heterocycles. The summed E-state index contributed by atoms with van der Waals surface area (Å²) in [4.78, 5) is 36.2. The quantitative estimate of drug-likeness (QED) is 0.315. The van der Waals surface area contributed by atoms with Gasteiger partial charge in [0.25, 0.3) is 5.91 Å². The van der Waals surface area contributed by atoms with E-state index in [9.17, 15) is 14.4 Å². The predicted octanol–water partition coefficient (Wildman–Crippen LogP) is 5.18. The van der Waals surface area contributed by atoms with Gasteiger partial charge in [-0.1, -0.05) is 56.2 Å². The van der Waals surface area contributed by atoms with E-state index in [0.29, 0.717) is 11.3 Å². The number of hydrogen-bond donors (Lipinski definition) is 1. The van der Waals surface area contributed by atoms with Crippen LogP contribution < -0.4 is 5.32 Å². The zero-order valence-electron chi connectivity index (χ0n) is 18.1. The molecule has 0 spiro atoms. The second kappa shape index (κ2) is 11.9. The highest BCUT2D eigenvalue weighted by Crippen LogP contribution is 2.17. The zero-order chi connectivity index (χ0) is 21.9. The van der Waals surface area contributed by atoms with Crippen LogP contribution in [-0.4, -0.2) is 24.3 Å². The summed E-state index contributed by atoms with van der Waals surface area (Å²) in [5.41, 5.74) is 4.55. The molecule has 2 aromatic carbocycles. The van der Waals surface area contributed by atoms with Gasteiger partial charge in [-0.25, -0.2) is 0 Å². The van der Waals surface area contributed by atoms with Crippen molar-refractivity contribution in [1.29, 1.82) is 0 Å². The van der Waals surface area contributed by atoms with Crippen LogP contribution in [0.4, 0.5) is 5.69 Å². The summed E-state index contributed by atoms with van der Waals surface area (Å²) < 4.78 is 5.00. The lowest BCUT2D eigenvalue weighted by Crippen LogP contribution is -2.21. The lowest BCUT2D eigenvalue weighted by molar-refractivity contribution is -0.147. The molecule has 0 bridgehead atoms. The molecule has 0 saturated heterocycles. The maximum absolute atomic E-state index is 12.3. The Morgan fingerprint density at radius 3 is 2.37 bits per heavy atom. The molecular formula is C25H31NO4. The number of Topliss-reactive ketones (excluding diaryl/α,β-unsaturated/α-hetero) is 1. The maximum atomic E-state index is 12.3. The molecule has 0 aliphatic carbocycles. The minimum absolute atomic E-state index is 0.0478. The number of carbonyl (C=O) groups is 3. The molecule has 0 saturated carbocycles. The van der Waals surface area contributed by atoms with Crippen LogP contribution in [-0.2, 0) is 20.7 Å². The third-order valence-corrected chi connectivity index (χ3v) is 5.14. The first-order chi connectivity index (χ1) is 14.4. The summed E-state index contributed by atoms with van der Waals surface area (Å²) in [6.07, 6.45) is 4.55. The highest BCUT2D eigenvalue weighted by Gasteiger charge is 2.13. The zero-order valence-corrected chi connectivity index (χ0v) is 18.1. The van der Waals surface area contributed by atoms with Crippen LogP contribution in [0.3, 0.4) is 0 Å². The molecule has 1 N–H and O–H groups in total. The number of anilines is 1. The number of rotatable bonds is 11. The molecule has 5 heteroatoms. The first kappa shape index (κ1) is 23.3. The summed E-state index contributed by atoms with van der Waals surface area (Å²) >= 11 is 0. The van der Waals surface area contributed by atoms with Crippen molar-refractivity contribution in [1.82, 2.24) is 0 Å². The van der Waals surface area contributed by atoms with Gasteiger partial charge in [-0.3, -0.25) is 14.4 Å². The molecule has 0 fully saturated rings. The SMILES string of the molecule is CCCCCc1ccc(C(=O)CCC(=O)OCC(=O)Nc2cccc(C)c2C)cc1. The number of nitrogens with one attached hydrogen (secondary N) is 1. The molecular weight excluding hydrogens is 378 g/mol. The number of unbranched alkanes of at least 4 members (excludes halogenated alkanes) is 2. The Hall–Kier alpha value is -2.95. The monoisotopic (exact) mass is 409 g/mol. The Labute approximate surface area is 178 Å². The van der Waals surface area contributed by atoms with E-state index in [1.165, 1.54) is 18.4 Å². The number of carbonyl (C=O) groups excluding carboxylic acids is 3. The lowest BCUT2D eigenvalue weighted by atomic mass is 10.0. The van der Waals surface area contributed by atoms with Gasteiger partial charge in [-0.05, 0) is 49.4 Å². The van der Waals surface area contributed by atoms with E-state index in [-0.39, 0.29) is 25.2 Å². The molecule has 0 radical (unpaired) electrons. The van der Waals surface area contributed by atoms with Crippen molar-refractivity contribution in [2.45, 2.75) is 59.3 Å². The van der Waals surface area contributed by atoms with E-state index in [1.807, 2.05) is 50.2 Å². The van der Waals surface area contributed by atoms with Gasteiger partial charge in [-0.15, -0.1) is 0 Å². The van der Waals surface area contributed by atoms with Crippen molar-refractivity contribution in [3.8, 4) is 0 Å². The average molecular weight is 410 g/mol.